The summed E-state index contributed by atoms with van der Waals surface area (Å²) in [6, 6.07) is 24.0. The molecule has 0 saturated carbocycles. The van der Waals surface area contributed by atoms with Gasteiger partial charge in [-0.05, 0) is 48.2 Å². The Balaban J connectivity index is 1.41. The number of aliphatic hydroxyl groups is 1. The van der Waals surface area contributed by atoms with E-state index in [0.29, 0.717) is 19.0 Å². The maximum absolute atomic E-state index is 11.9. The Hall–Kier alpha value is -3.62. The number of nitrogens with two attached hydrogens (primary N) is 1. The number of anilines is 2. The molecule has 1 aliphatic heterocycles. The van der Waals surface area contributed by atoms with E-state index in [4.69, 9.17) is 15.7 Å². The Labute approximate surface area is 214 Å². The van der Waals surface area contributed by atoms with Crippen LogP contribution in [0.4, 0.5) is 11.8 Å². The number of piperidine rings is 1. The molecule has 2 heterocycles. The fraction of sp³-hybridized carbons (Fsp3) is 0.250. The molecule has 4 N–H and O–H groups in total. The molecule has 1 unspecified atom stereocenters. The zero-order valence-electron chi connectivity index (χ0n) is 19.9. The van der Waals surface area contributed by atoms with E-state index in [-0.39, 0.29) is 18.4 Å². The van der Waals surface area contributed by atoms with Crippen molar-refractivity contribution in [2.45, 2.75) is 35.8 Å². The van der Waals surface area contributed by atoms with E-state index in [0.717, 1.165) is 57.0 Å². The second-order valence-electron chi connectivity index (χ2n) is 8.90. The molecule has 8 heteroatoms. The molecule has 4 aromatic rings. The number of primary amides is 1. The van der Waals surface area contributed by atoms with Crippen LogP contribution < -0.4 is 16.0 Å². The molecular weight excluding hydrogens is 470 g/mol. The van der Waals surface area contributed by atoms with Crippen LogP contribution in [0.1, 0.15) is 24.0 Å². The number of hydrogen-bond acceptors (Lipinski definition) is 7. The molecule has 7 nitrogen and oxygen atoms in total. The van der Waals surface area contributed by atoms with Crippen LogP contribution in [0.25, 0.3) is 10.9 Å². The summed E-state index contributed by atoms with van der Waals surface area (Å²) in [5, 5.41) is 14.1. The van der Waals surface area contributed by atoms with Crippen LogP contribution in [-0.2, 0) is 17.9 Å². The topological polar surface area (TPSA) is 104 Å². The van der Waals surface area contributed by atoms with Crippen LogP contribution in [-0.4, -0.2) is 34.1 Å². The van der Waals surface area contributed by atoms with E-state index >= 15 is 0 Å². The first-order valence-electron chi connectivity index (χ1n) is 12.1. The molecule has 0 radical (unpaired) electrons. The zero-order valence-corrected chi connectivity index (χ0v) is 20.7. The third kappa shape index (κ3) is 5.29. The van der Waals surface area contributed by atoms with E-state index in [9.17, 15) is 9.90 Å². The summed E-state index contributed by atoms with van der Waals surface area (Å²) in [6.45, 7) is 1.95. The van der Waals surface area contributed by atoms with Gasteiger partial charge in [-0.2, -0.15) is 4.98 Å². The number of aliphatic hydroxyl groups excluding tert-OH is 1. The third-order valence-electron chi connectivity index (χ3n) is 6.48. The van der Waals surface area contributed by atoms with Crippen molar-refractivity contribution in [3.8, 4) is 0 Å². The fourth-order valence-electron chi connectivity index (χ4n) is 4.56. The minimum Gasteiger partial charge on any atom is -0.392 e. The van der Waals surface area contributed by atoms with Crippen LogP contribution in [0.2, 0.25) is 0 Å². The van der Waals surface area contributed by atoms with Crippen LogP contribution in [0.5, 0.6) is 0 Å². The molecule has 36 heavy (non-hydrogen) atoms. The van der Waals surface area contributed by atoms with Crippen molar-refractivity contribution in [1.29, 1.82) is 0 Å². The van der Waals surface area contributed by atoms with Gasteiger partial charge < -0.3 is 21.1 Å². The van der Waals surface area contributed by atoms with E-state index in [1.807, 2.05) is 60.7 Å². The van der Waals surface area contributed by atoms with Crippen LogP contribution in [0.15, 0.2) is 82.6 Å². The number of carbonyl (C=O) groups excluding carboxylic acids is 1. The summed E-state index contributed by atoms with van der Waals surface area (Å²) in [5.41, 5.74) is 8.49. The number of carbonyl (C=O) groups is 1. The van der Waals surface area contributed by atoms with Gasteiger partial charge in [0.15, 0.2) is 0 Å². The van der Waals surface area contributed by atoms with Gasteiger partial charge in [0.1, 0.15) is 5.82 Å². The summed E-state index contributed by atoms with van der Waals surface area (Å²) in [4.78, 5) is 25.8. The Kier molecular flexibility index (Phi) is 7.34. The summed E-state index contributed by atoms with van der Waals surface area (Å²) in [6.07, 6.45) is 1.71. The third-order valence-corrected chi connectivity index (χ3v) is 7.72. The standard InChI is InChI=1S/C28H29N5O2S/c29-26(35)20-10-7-15-33(17-20)27-22-11-3-4-12-23(22)31-28(32-27)30-16-19-8-1-5-13-24(19)36-25-14-6-2-9-21(25)18-34/h1-6,8-9,11-14,20,34H,7,10,15-18H2,(H2,29,35)(H,30,31,32). The lowest BCUT2D eigenvalue weighted by Gasteiger charge is -2.32. The SMILES string of the molecule is NC(=O)C1CCCN(c2nc(NCc3ccccc3Sc3ccccc3CO)nc3ccccc23)C1. The van der Waals surface area contributed by atoms with Gasteiger partial charge >= 0.3 is 0 Å². The number of rotatable bonds is 8. The number of fused-ring (bicyclic) bond motifs is 1. The predicted octanol–water partition coefficient (Wildman–Crippen LogP) is 4.59. The number of hydrogen-bond donors (Lipinski definition) is 3. The number of benzene rings is 3. The fourth-order valence-corrected chi connectivity index (χ4v) is 5.62. The van der Waals surface area contributed by atoms with Gasteiger partial charge in [-0.15, -0.1) is 0 Å². The van der Waals surface area contributed by atoms with E-state index in [2.05, 4.69) is 22.3 Å². The van der Waals surface area contributed by atoms with E-state index in [1.165, 1.54) is 0 Å². The lowest BCUT2D eigenvalue weighted by molar-refractivity contribution is -0.122. The van der Waals surface area contributed by atoms with Crippen LogP contribution >= 0.6 is 11.8 Å². The van der Waals surface area contributed by atoms with Gasteiger partial charge in [-0.1, -0.05) is 60.3 Å². The van der Waals surface area contributed by atoms with Crippen molar-refractivity contribution >= 4 is 40.3 Å². The maximum atomic E-state index is 11.9. The van der Waals surface area contributed by atoms with E-state index < -0.39 is 0 Å². The van der Waals surface area contributed by atoms with Crippen molar-refractivity contribution < 1.29 is 9.90 Å². The highest BCUT2D eigenvalue weighted by Gasteiger charge is 2.26. The van der Waals surface area contributed by atoms with Crippen molar-refractivity contribution in [2.75, 3.05) is 23.3 Å². The normalized spacial score (nSPS) is 15.7. The lowest BCUT2D eigenvalue weighted by atomic mass is 9.97. The van der Waals surface area contributed by atoms with Crippen molar-refractivity contribution in [3.63, 3.8) is 0 Å². The molecule has 3 aromatic carbocycles. The number of aromatic nitrogens is 2. The smallest absolute Gasteiger partial charge is 0.225 e. The number of amides is 1. The molecule has 1 aliphatic rings. The first-order chi connectivity index (χ1) is 17.6. The zero-order chi connectivity index (χ0) is 24.9. The summed E-state index contributed by atoms with van der Waals surface area (Å²) in [5.74, 6) is 0.942. The lowest BCUT2D eigenvalue weighted by Crippen LogP contribution is -2.41. The average Bonchev–Trinajstić information content (AvgIpc) is 2.92. The summed E-state index contributed by atoms with van der Waals surface area (Å²) < 4.78 is 0. The maximum Gasteiger partial charge on any atom is 0.225 e. The van der Waals surface area contributed by atoms with Gasteiger partial charge in [0, 0.05) is 34.8 Å². The molecule has 1 aromatic heterocycles. The van der Waals surface area contributed by atoms with Gasteiger partial charge in [0.05, 0.1) is 18.0 Å². The molecule has 5 rings (SSSR count). The predicted molar refractivity (Wildman–Crippen MR) is 144 cm³/mol. The van der Waals surface area contributed by atoms with Crippen LogP contribution in [0.3, 0.4) is 0 Å². The molecule has 1 amide bonds. The molecular formula is C28H29N5O2S. The van der Waals surface area contributed by atoms with Gasteiger partial charge in [-0.25, -0.2) is 4.98 Å². The minimum absolute atomic E-state index is 0.00437. The van der Waals surface area contributed by atoms with Gasteiger partial charge in [0.25, 0.3) is 0 Å². The second-order valence-corrected chi connectivity index (χ2v) is 9.99. The van der Waals surface area contributed by atoms with Crippen LogP contribution in [0, 0.1) is 5.92 Å². The summed E-state index contributed by atoms with van der Waals surface area (Å²) >= 11 is 1.64. The Morgan fingerprint density at radius 2 is 1.69 bits per heavy atom. The molecule has 184 valence electrons. The highest BCUT2D eigenvalue weighted by atomic mass is 32.2. The highest BCUT2D eigenvalue weighted by Crippen LogP contribution is 2.34. The molecule has 1 atom stereocenters. The average molecular weight is 500 g/mol. The minimum atomic E-state index is -0.256. The van der Waals surface area contributed by atoms with Gasteiger partial charge in [-0.3, -0.25) is 4.79 Å². The largest absolute Gasteiger partial charge is 0.392 e. The molecule has 0 bridgehead atoms. The van der Waals surface area contributed by atoms with Gasteiger partial charge in [0.2, 0.25) is 11.9 Å². The number of nitrogens with zero attached hydrogens (tertiary/aromatic N) is 3. The number of nitrogens with one attached hydrogen (secondary N) is 1. The quantitative estimate of drug-likeness (QED) is 0.326. The van der Waals surface area contributed by atoms with Crippen molar-refractivity contribution in [3.05, 3.63) is 83.9 Å². The summed E-state index contributed by atoms with van der Waals surface area (Å²) in [7, 11) is 0. The van der Waals surface area contributed by atoms with E-state index in [1.54, 1.807) is 11.8 Å². The number of para-hydroxylation sites is 1. The molecule has 1 saturated heterocycles. The monoisotopic (exact) mass is 499 g/mol. The molecule has 0 spiro atoms. The molecule has 0 aliphatic carbocycles. The first-order valence-corrected chi connectivity index (χ1v) is 12.9. The Bertz CT molecular complexity index is 1380. The first kappa shape index (κ1) is 24.1. The highest BCUT2D eigenvalue weighted by molar-refractivity contribution is 7.99. The Morgan fingerprint density at radius 1 is 1.00 bits per heavy atom. The van der Waals surface area contributed by atoms with Crippen molar-refractivity contribution in [1.82, 2.24) is 9.97 Å². The van der Waals surface area contributed by atoms with Crippen molar-refractivity contribution in [2.24, 2.45) is 11.7 Å². The molecule has 1 fully saturated rings. The Morgan fingerprint density at radius 3 is 2.47 bits per heavy atom. The second kappa shape index (κ2) is 11.0.